The van der Waals surface area contributed by atoms with E-state index in [-0.39, 0.29) is 6.04 Å². The average Bonchev–Trinajstić information content (AvgIpc) is 2.95. The first-order valence-corrected chi connectivity index (χ1v) is 12.6. The van der Waals surface area contributed by atoms with Crippen LogP contribution in [0.25, 0.3) is 33.0 Å². The van der Waals surface area contributed by atoms with Gasteiger partial charge in [-0.25, -0.2) is 0 Å². The van der Waals surface area contributed by atoms with Crippen molar-refractivity contribution in [2.24, 2.45) is 0 Å². The lowest BCUT2D eigenvalue weighted by atomic mass is 9.98. The fourth-order valence-electron chi connectivity index (χ4n) is 5.10. The Morgan fingerprint density at radius 2 is 1.17 bits per heavy atom. The van der Waals surface area contributed by atoms with Gasteiger partial charge in [-0.15, -0.1) is 0 Å². The molecule has 1 aliphatic rings. The first kappa shape index (κ1) is 22.1. The van der Waals surface area contributed by atoms with Crippen molar-refractivity contribution < 1.29 is 0 Å². The van der Waals surface area contributed by atoms with Crippen LogP contribution in [-0.4, -0.2) is 6.04 Å². The van der Waals surface area contributed by atoms with Gasteiger partial charge in [0.15, 0.2) is 0 Å². The molecule has 6 rings (SSSR count). The summed E-state index contributed by atoms with van der Waals surface area (Å²) in [6.07, 6.45) is 9.85. The summed E-state index contributed by atoms with van der Waals surface area (Å²) >= 11 is 0. The average molecular weight is 464 g/mol. The molecule has 174 valence electrons. The maximum Gasteiger partial charge on any atom is 0.0560 e. The van der Waals surface area contributed by atoms with E-state index in [1.54, 1.807) is 0 Å². The lowest BCUT2D eigenvalue weighted by Gasteiger charge is -2.33. The Morgan fingerprint density at radius 3 is 1.81 bits per heavy atom. The van der Waals surface area contributed by atoms with Crippen molar-refractivity contribution in [1.82, 2.24) is 0 Å². The van der Waals surface area contributed by atoms with Crippen LogP contribution in [0.3, 0.4) is 0 Å². The number of nitrogens with zero attached hydrogens (tertiary/aromatic N) is 1. The quantitative estimate of drug-likeness (QED) is 0.251. The molecule has 0 spiro atoms. The molecule has 0 aromatic heterocycles. The molecule has 5 aromatic carbocycles. The summed E-state index contributed by atoms with van der Waals surface area (Å²) in [6.45, 7) is 2.12. The molecular weight excluding hydrogens is 434 g/mol. The van der Waals surface area contributed by atoms with E-state index in [0.29, 0.717) is 0 Å². The number of hydrogen-bond donors (Lipinski definition) is 0. The van der Waals surface area contributed by atoms with Crippen molar-refractivity contribution in [2.75, 3.05) is 4.90 Å². The standard InChI is InChI=1S/C35H29N/c1-26-14-16-27(17-15-26)28-18-20-29(21-19-28)30-22-24-33(25-23-30)36(32-10-3-2-4-11-32)35-13-7-9-31-8-5-6-12-34(31)35/h2-10,12-25,32H,11H2,1H3. The molecule has 0 saturated heterocycles. The van der Waals surface area contributed by atoms with Crippen LogP contribution >= 0.6 is 0 Å². The normalized spacial score (nSPS) is 14.8. The number of rotatable bonds is 5. The van der Waals surface area contributed by atoms with E-state index in [1.165, 1.54) is 50.0 Å². The van der Waals surface area contributed by atoms with E-state index in [0.717, 1.165) is 6.42 Å². The number of allylic oxidation sites excluding steroid dienone is 2. The van der Waals surface area contributed by atoms with E-state index < -0.39 is 0 Å². The van der Waals surface area contributed by atoms with E-state index in [4.69, 9.17) is 0 Å². The Balaban J connectivity index is 1.34. The molecule has 1 atom stereocenters. The van der Waals surface area contributed by atoms with Crippen LogP contribution in [0.5, 0.6) is 0 Å². The fourth-order valence-corrected chi connectivity index (χ4v) is 5.10. The molecule has 36 heavy (non-hydrogen) atoms. The summed E-state index contributed by atoms with van der Waals surface area (Å²) < 4.78 is 0. The molecule has 0 heterocycles. The molecule has 5 aromatic rings. The highest BCUT2D eigenvalue weighted by atomic mass is 15.2. The van der Waals surface area contributed by atoms with Crippen LogP contribution in [-0.2, 0) is 0 Å². The lowest BCUT2D eigenvalue weighted by molar-refractivity contribution is 0.787. The number of anilines is 2. The second kappa shape index (κ2) is 9.71. The van der Waals surface area contributed by atoms with Crippen LogP contribution in [0, 0.1) is 6.92 Å². The Morgan fingerprint density at radius 1 is 0.583 bits per heavy atom. The maximum absolute atomic E-state index is 2.48. The van der Waals surface area contributed by atoms with Gasteiger partial charge in [-0.05, 0) is 59.2 Å². The zero-order valence-corrected chi connectivity index (χ0v) is 20.5. The molecule has 0 bridgehead atoms. The van der Waals surface area contributed by atoms with Gasteiger partial charge in [0.2, 0.25) is 0 Å². The lowest BCUT2D eigenvalue weighted by Crippen LogP contribution is -2.29. The Labute approximate surface area is 213 Å². The van der Waals surface area contributed by atoms with Crippen LogP contribution in [0.15, 0.2) is 140 Å². The predicted octanol–water partition coefficient (Wildman–Crippen LogP) is 9.51. The third kappa shape index (κ3) is 4.36. The highest BCUT2D eigenvalue weighted by molar-refractivity contribution is 5.96. The number of fused-ring (bicyclic) bond motifs is 1. The molecular formula is C35H29N. The minimum absolute atomic E-state index is 0.278. The van der Waals surface area contributed by atoms with Crippen LogP contribution in [0.4, 0.5) is 11.4 Å². The van der Waals surface area contributed by atoms with Crippen molar-refractivity contribution in [3.8, 4) is 22.3 Å². The topological polar surface area (TPSA) is 3.24 Å². The molecule has 1 heteroatoms. The molecule has 1 unspecified atom stereocenters. The number of hydrogen-bond acceptors (Lipinski definition) is 1. The summed E-state index contributed by atoms with van der Waals surface area (Å²) in [5.41, 5.74) is 8.69. The molecule has 0 fully saturated rings. The number of benzene rings is 5. The van der Waals surface area contributed by atoms with E-state index in [9.17, 15) is 0 Å². The molecule has 0 saturated carbocycles. The van der Waals surface area contributed by atoms with Gasteiger partial charge in [-0.3, -0.25) is 0 Å². The van der Waals surface area contributed by atoms with Gasteiger partial charge in [0, 0.05) is 16.8 Å². The summed E-state index contributed by atoms with van der Waals surface area (Å²) in [5, 5.41) is 2.54. The first-order chi connectivity index (χ1) is 17.8. The molecule has 0 N–H and O–H groups in total. The fraction of sp³-hybridized carbons (Fsp3) is 0.0857. The van der Waals surface area contributed by atoms with Crippen molar-refractivity contribution in [2.45, 2.75) is 19.4 Å². The van der Waals surface area contributed by atoms with Gasteiger partial charge in [-0.1, -0.05) is 127 Å². The van der Waals surface area contributed by atoms with Crippen LogP contribution < -0.4 is 4.90 Å². The summed E-state index contributed by atoms with van der Waals surface area (Å²) in [6, 6.07) is 42.1. The zero-order chi connectivity index (χ0) is 24.3. The third-order valence-electron chi connectivity index (χ3n) is 7.06. The van der Waals surface area contributed by atoms with Gasteiger partial charge in [0.05, 0.1) is 6.04 Å². The highest BCUT2D eigenvalue weighted by Gasteiger charge is 2.20. The third-order valence-corrected chi connectivity index (χ3v) is 7.06. The monoisotopic (exact) mass is 463 g/mol. The molecule has 1 nitrogen and oxygen atoms in total. The van der Waals surface area contributed by atoms with E-state index in [2.05, 4.69) is 151 Å². The van der Waals surface area contributed by atoms with Crippen LogP contribution in [0.2, 0.25) is 0 Å². The highest BCUT2D eigenvalue weighted by Crippen LogP contribution is 2.37. The minimum Gasteiger partial charge on any atom is -0.334 e. The van der Waals surface area contributed by atoms with Crippen molar-refractivity contribution in [1.29, 1.82) is 0 Å². The van der Waals surface area contributed by atoms with Gasteiger partial charge in [-0.2, -0.15) is 0 Å². The van der Waals surface area contributed by atoms with Gasteiger partial charge in [0.25, 0.3) is 0 Å². The largest absolute Gasteiger partial charge is 0.334 e. The van der Waals surface area contributed by atoms with Crippen molar-refractivity contribution >= 4 is 22.1 Å². The minimum atomic E-state index is 0.278. The smallest absolute Gasteiger partial charge is 0.0560 e. The predicted molar refractivity (Wildman–Crippen MR) is 155 cm³/mol. The van der Waals surface area contributed by atoms with E-state index in [1.807, 2.05) is 0 Å². The van der Waals surface area contributed by atoms with Crippen molar-refractivity contribution in [3.05, 3.63) is 145 Å². The SMILES string of the molecule is Cc1ccc(-c2ccc(-c3ccc(N(c4cccc5ccccc45)C4C=CC=CC4)cc3)cc2)cc1. The van der Waals surface area contributed by atoms with Gasteiger partial charge in [0.1, 0.15) is 0 Å². The second-order valence-electron chi connectivity index (χ2n) is 9.47. The maximum atomic E-state index is 2.48. The van der Waals surface area contributed by atoms with Crippen LogP contribution in [0.1, 0.15) is 12.0 Å². The molecule has 0 radical (unpaired) electrons. The van der Waals surface area contributed by atoms with Gasteiger partial charge >= 0.3 is 0 Å². The first-order valence-electron chi connectivity index (χ1n) is 12.6. The summed E-state index contributed by atoms with van der Waals surface area (Å²) in [4.78, 5) is 2.48. The van der Waals surface area contributed by atoms with Gasteiger partial charge < -0.3 is 4.90 Å². The molecule has 1 aliphatic carbocycles. The summed E-state index contributed by atoms with van der Waals surface area (Å²) in [7, 11) is 0. The zero-order valence-electron chi connectivity index (χ0n) is 20.5. The second-order valence-corrected chi connectivity index (χ2v) is 9.47. The summed E-state index contributed by atoms with van der Waals surface area (Å²) in [5.74, 6) is 0. The van der Waals surface area contributed by atoms with E-state index >= 15 is 0 Å². The molecule has 0 amide bonds. The number of aryl methyl sites for hydroxylation is 1. The Bertz CT molecular complexity index is 1530. The Kier molecular flexibility index (Phi) is 5.97. The van der Waals surface area contributed by atoms with Crippen molar-refractivity contribution in [3.63, 3.8) is 0 Å². The Hall–Kier alpha value is -4.36. The molecule has 0 aliphatic heterocycles.